The van der Waals surface area contributed by atoms with Crippen molar-refractivity contribution in [2.75, 3.05) is 0 Å². The number of esters is 1. The average Bonchev–Trinajstić information content (AvgIpc) is 3.11. The van der Waals surface area contributed by atoms with Gasteiger partial charge in [0.15, 0.2) is 0 Å². The monoisotopic (exact) mass is 463 g/mol. The van der Waals surface area contributed by atoms with E-state index in [0.717, 1.165) is 5.56 Å². The molecule has 0 saturated heterocycles. The van der Waals surface area contributed by atoms with Crippen LogP contribution in [0.5, 0.6) is 5.75 Å². The Morgan fingerprint density at radius 2 is 1.65 bits per heavy atom. The maximum absolute atomic E-state index is 12.5. The summed E-state index contributed by atoms with van der Waals surface area (Å²) in [4.78, 5) is 35.5. The molecule has 1 amide bonds. The fourth-order valence-corrected chi connectivity index (χ4v) is 3.32. The largest absolute Gasteiger partial charge is 0.423 e. The summed E-state index contributed by atoms with van der Waals surface area (Å²) in [6.07, 6.45) is 0. The summed E-state index contributed by atoms with van der Waals surface area (Å²) in [7, 11) is 0. The van der Waals surface area contributed by atoms with Crippen molar-refractivity contribution in [1.82, 2.24) is 15.2 Å². The normalized spacial score (nSPS) is 12.2. The number of hydrogen-bond donors (Lipinski definition) is 1. The Hall–Kier alpha value is -4.34. The molecule has 3 rings (SSSR count). The third kappa shape index (κ3) is 5.34. The van der Waals surface area contributed by atoms with E-state index >= 15 is 0 Å². The van der Waals surface area contributed by atoms with E-state index in [1.54, 1.807) is 57.2 Å². The summed E-state index contributed by atoms with van der Waals surface area (Å²) in [6, 6.07) is 13.0. The average molecular weight is 463 g/mol. The molecule has 34 heavy (non-hydrogen) atoms. The number of nitrogens with zero attached hydrogens (tertiary/aromatic N) is 4. The number of hydrogen-bond acceptors (Lipinski definition) is 7. The van der Waals surface area contributed by atoms with Gasteiger partial charge in [-0.3, -0.25) is 19.6 Å². The predicted octanol–water partition coefficient (Wildman–Crippen LogP) is 4.04. The Labute approximate surface area is 196 Å². The lowest BCUT2D eigenvalue weighted by molar-refractivity contribution is -0.386. The molecule has 0 saturated carbocycles. The topological polar surface area (TPSA) is 129 Å². The molecule has 0 aliphatic carbocycles. The maximum atomic E-state index is 12.5. The van der Waals surface area contributed by atoms with Crippen molar-refractivity contribution in [1.29, 1.82) is 0 Å². The molecule has 0 aliphatic rings. The molecule has 1 N–H and O–H groups in total. The van der Waals surface area contributed by atoms with Gasteiger partial charge >= 0.3 is 11.7 Å². The van der Waals surface area contributed by atoms with Gasteiger partial charge in [0.2, 0.25) is 0 Å². The zero-order chi connectivity index (χ0) is 25.0. The Balaban J connectivity index is 1.64. The summed E-state index contributed by atoms with van der Waals surface area (Å²) < 4.78 is 6.70. The molecule has 0 spiro atoms. The second-order valence-corrected chi connectivity index (χ2v) is 7.85. The van der Waals surface area contributed by atoms with Gasteiger partial charge in [-0.1, -0.05) is 17.7 Å². The highest BCUT2D eigenvalue weighted by molar-refractivity contribution is 5.99. The van der Waals surface area contributed by atoms with Crippen molar-refractivity contribution in [3.63, 3.8) is 0 Å². The van der Waals surface area contributed by atoms with Crippen LogP contribution in [-0.2, 0) is 4.79 Å². The van der Waals surface area contributed by atoms with Gasteiger partial charge in [-0.05, 0) is 76.6 Å². The number of amides is 1. The molecule has 0 fully saturated rings. The number of nitro groups is 1. The van der Waals surface area contributed by atoms with Crippen LogP contribution in [0.25, 0.3) is 0 Å². The van der Waals surface area contributed by atoms with E-state index in [1.807, 2.05) is 19.1 Å². The standard InChI is InChI=1S/C24H25N5O5/c1-14-6-8-20(9-7-14)24(31)34-21-12-10-19(11-13-21)15(2)25-26-23(30)18(5)28-17(4)22(29(32)33)16(3)27-28/h6-13,18H,1-5H3,(H,26,30). The second kappa shape index (κ2) is 10.1. The van der Waals surface area contributed by atoms with Crippen LogP contribution in [0.1, 0.15) is 52.8 Å². The molecule has 10 nitrogen and oxygen atoms in total. The number of ether oxygens (including phenoxy) is 1. The molecule has 1 heterocycles. The quantitative estimate of drug-likeness (QED) is 0.185. The SMILES string of the molecule is CC(=NNC(=O)C(C)n1nc(C)c([N+](=O)[O-])c1C)c1ccc(OC(=O)c2ccc(C)cc2)cc1. The van der Waals surface area contributed by atoms with Crippen LogP contribution < -0.4 is 10.2 Å². The van der Waals surface area contributed by atoms with Crippen LogP contribution in [-0.4, -0.2) is 32.3 Å². The summed E-state index contributed by atoms with van der Waals surface area (Å²) in [5.74, 6) is -0.543. The lowest BCUT2D eigenvalue weighted by Gasteiger charge is -2.12. The zero-order valence-corrected chi connectivity index (χ0v) is 19.5. The van der Waals surface area contributed by atoms with E-state index in [0.29, 0.717) is 28.3 Å². The van der Waals surface area contributed by atoms with Gasteiger partial charge < -0.3 is 4.74 Å². The highest BCUT2D eigenvalue weighted by atomic mass is 16.6. The zero-order valence-electron chi connectivity index (χ0n) is 19.5. The predicted molar refractivity (Wildman–Crippen MR) is 126 cm³/mol. The number of rotatable bonds is 7. The molecular formula is C24H25N5O5. The van der Waals surface area contributed by atoms with Crippen LogP contribution in [0, 0.1) is 30.9 Å². The molecule has 0 aliphatic heterocycles. The minimum absolute atomic E-state index is 0.109. The molecule has 3 aromatic rings. The van der Waals surface area contributed by atoms with Gasteiger partial charge in [0.1, 0.15) is 23.2 Å². The van der Waals surface area contributed by atoms with Crippen molar-refractivity contribution >= 4 is 23.3 Å². The number of aryl methyl sites for hydroxylation is 2. The van der Waals surface area contributed by atoms with Crippen LogP contribution in [0.15, 0.2) is 53.6 Å². The number of benzene rings is 2. The molecule has 1 aromatic heterocycles. The first-order valence-corrected chi connectivity index (χ1v) is 10.5. The van der Waals surface area contributed by atoms with Gasteiger partial charge in [-0.15, -0.1) is 0 Å². The molecule has 10 heteroatoms. The number of carbonyl (C=O) groups is 2. The highest BCUT2D eigenvalue weighted by Gasteiger charge is 2.27. The molecule has 2 aromatic carbocycles. The van der Waals surface area contributed by atoms with E-state index < -0.39 is 22.8 Å². The smallest absolute Gasteiger partial charge is 0.343 e. The number of nitrogens with one attached hydrogen (secondary N) is 1. The van der Waals surface area contributed by atoms with Gasteiger partial charge in [0.05, 0.1) is 16.2 Å². The van der Waals surface area contributed by atoms with E-state index in [-0.39, 0.29) is 11.4 Å². The number of hydrazone groups is 1. The highest BCUT2D eigenvalue weighted by Crippen LogP contribution is 2.24. The van der Waals surface area contributed by atoms with E-state index in [4.69, 9.17) is 4.74 Å². The third-order valence-corrected chi connectivity index (χ3v) is 5.32. The van der Waals surface area contributed by atoms with Gasteiger partial charge in [0.25, 0.3) is 5.91 Å². The van der Waals surface area contributed by atoms with Crippen LogP contribution in [0.4, 0.5) is 5.69 Å². The summed E-state index contributed by atoms with van der Waals surface area (Å²) in [6.45, 7) is 8.30. The minimum Gasteiger partial charge on any atom is -0.423 e. The fraction of sp³-hybridized carbons (Fsp3) is 0.250. The first-order valence-electron chi connectivity index (χ1n) is 10.5. The van der Waals surface area contributed by atoms with Crippen LogP contribution >= 0.6 is 0 Å². The Morgan fingerprint density at radius 1 is 1.06 bits per heavy atom. The van der Waals surface area contributed by atoms with E-state index in [1.165, 1.54) is 11.6 Å². The molecule has 176 valence electrons. The number of carbonyl (C=O) groups excluding carboxylic acids is 2. The maximum Gasteiger partial charge on any atom is 0.343 e. The van der Waals surface area contributed by atoms with Gasteiger partial charge in [0, 0.05) is 0 Å². The summed E-state index contributed by atoms with van der Waals surface area (Å²) in [5.41, 5.74) is 5.64. The third-order valence-electron chi connectivity index (χ3n) is 5.32. The molecule has 1 unspecified atom stereocenters. The lowest BCUT2D eigenvalue weighted by atomic mass is 10.1. The molecular weight excluding hydrogens is 438 g/mol. The van der Waals surface area contributed by atoms with Gasteiger partial charge in [-0.2, -0.15) is 10.2 Å². The summed E-state index contributed by atoms with van der Waals surface area (Å²) >= 11 is 0. The molecule has 0 radical (unpaired) electrons. The first-order chi connectivity index (χ1) is 16.1. The minimum atomic E-state index is -0.799. The van der Waals surface area contributed by atoms with Crippen molar-refractivity contribution in [3.8, 4) is 5.75 Å². The Morgan fingerprint density at radius 3 is 2.21 bits per heavy atom. The molecule has 0 bridgehead atoms. The first kappa shape index (κ1) is 24.3. The van der Waals surface area contributed by atoms with E-state index in [9.17, 15) is 19.7 Å². The van der Waals surface area contributed by atoms with Crippen molar-refractivity contribution in [2.24, 2.45) is 5.10 Å². The van der Waals surface area contributed by atoms with Crippen LogP contribution in [0.3, 0.4) is 0 Å². The summed E-state index contributed by atoms with van der Waals surface area (Å²) in [5, 5.41) is 19.4. The molecule has 1 atom stereocenters. The van der Waals surface area contributed by atoms with Crippen molar-refractivity contribution in [3.05, 3.63) is 86.7 Å². The Kier molecular flexibility index (Phi) is 7.20. The van der Waals surface area contributed by atoms with Crippen molar-refractivity contribution in [2.45, 2.75) is 40.7 Å². The second-order valence-electron chi connectivity index (χ2n) is 7.85. The number of aromatic nitrogens is 2. The fourth-order valence-electron chi connectivity index (χ4n) is 3.32. The lowest BCUT2D eigenvalue weighted by Crippen LogP contribution is -2.29. The van der Waals surface area contributed by atoms with Gasteiger partial charge in [-0.25, -0.2) is 10.2 Å². The Bertz CT molecular complexity index is 1260. The van der Waals surface area contributed by atoms with Crippen molar-refractivity contribution < 1.29 is 19.2 Å². The van der Waals surface area contributed by atoms with E-state index in [2.05, 4.69) is 15.6 Å². The van der Waals surface area contributed by atoms with Crippen LogP contribution in [0.2, 0.25) is 0 Å².